The van der Waals surface area contributed by atoms with Crippen LogP contribution in [0.5, 0.6) is 0 Å². The minimum Gasteiger partial charge on any atom is -0.310 e. The quantitative estimate of drug-likeness (QED) is 0.911. The molecule has 0 bridgehead atoms. The molecule has 1 N–H and O–H groups in total. The van der Waals surface area contributed by atoms with Gasteiger partial charge in [0.25, 0.3) is 5.56 Å². The van der Waals surface area contributed by atoms with Gasteiger partial charge in [-0.1, -0.05) is 6.92 Å². The molecule has 0 saturated carbocycles. The monoisotopic (exact) mass is 287 g/mol. The lowest BCUT2D eigenvalue weighted by molar-refractivity contribution is 0.241. The van der Waals surface area contributed by atoms with Crippen LogP contribution in [0.3, 0.4) is 0 Å². The predicted molar refractivity (Wildman–Crippen MR) is 79.9 cm³/mol. The summed E-state index contributed by atoms with van der Waals surface area (Å²) < 4.78 is 1.80. The van der Waals surface area contributed by atoms with Gasteiger partial charge in [0.1, 0.15) is 5.82 Å². The van der Waals surface area contributed by atoms with Gasteiger partial charge in [0.05, 0.1) is 17.5 Å². The first kappa shape index (κ1) is 14.0. The maximum absolute atomic E-state index is 12.2. The van der Waals surface area contributed by atoms with E-state index in [-0.39, 0.29) is 5.56 Å². The Bertz CT molecular complexity index is 688. The molecule has 0 spiro atoms. The van der Waals surface area contributed by atoms with Crippen molar-refractivity contribution in [3.8, 4) is 0 Å². The van der Waals surface area contributed by atoms with Crippen LogP contribution in [0.25, 0.3) is 0 Å². The fourth-order valence-electron chi connectivity index (χ4n) is 2.83. The highest BCUT2D eigenvalue weighted by Crippen LogP contribution is 2.16. The molecule has 21 heavy (non-hydrogen) atoms. The van der Waals surface area contributed by atoms with Crippen molar-refractivity contribution in [2.24, 2.45) is 7.05 Å². The summed E-state index contributed by atoms with van der Waals surface area (Å²) in [5, 5.41) is 4.19. The van der Waals surface area contributed by atoms with Gasteiger partial charge in [-0.3, -0.25) is 14.4 Å². The second-order valence-corrected chi connectivity index (χ2v) is 5.67. The van der Waals surface area contributed by atoms with Crippen LogP contribution in [0, 0.1) is 0 Å². The minimum absolute atomic E-state index is 0.0272. The molecule has 0 unspecified atom stereocenters. The zero-order valence-corrected chi connectivity index (χ0v) is 12.6. The molecule has 3 rings (SSSR count). The van der Waals surface area contributed by atoms with E-state index in [1.165, 1.54) is 5.56 Å². The first-order valence-electron chi connectivity index (χ1n) is 7.46. The van der Waals surface area contributed by atoms with Crippen LogP contribution in [-0.2, 0) is 33.0 Å². The Balaban J connectivity index is 1.77. The standard InChI is InChI=1S/C15H21N5O/c1-3-4-14-17-13-5-6-20(10-12(13)15(21)18-14)9-11-7-16-19(2)8-11/h7-8H,3-6,9-10H2,1-2H3,(H,17,18,21). The van der Waals surface area contributed by atoms with Crippen molar-refractivity contribution in [3.63, 3.8) is 0 Å². The van der Waals surface area contributed by atoms with Gasteiger partial charge in [0, 0.05) is 51.3 Å². The summed E-state index contributed by atoms with van der Waals surface area (Å²) in [7, 11) is 1.92. The van der Waals surface area contributed by atoms with E-state index in [4.69, 9.17) is 0 Å². The summed E-state index contributed by atoms with van der Waals surface area (Å²) in [5.74, 6) is 0.821. The molecule has 112 valence electrons. The highest BCUT2D eigenvalue weighted by molar-refractivity contribution is 5.21. The summed E-state index contributed by atoms with van der Waals surface area (Å²) in [6.45, 7) is 4.52. The van der Waals surface area contributed by atoms with Gasteiger partial charge in [-0.05, 0) is 6.42 Å². The van der Waals surface area contributed by atoms with Gasteiger partial charge in [-0.2, -0.15) is 5.10 Å². The highest BCUT2D eigenvalue weighted by atomic mass is 16.1. The Morgan fingerprint density at radius 1 is 1.43 bits per heavy atom. The van der Waals surface area contributed by atoms with E-state index >= 15 is 0 Å². The zero-order chi connectivity index (χ0) is 14.8. The maximum atomic E-state index is 12.2. The van der Waals surface area contributed by atoms with Gasteiger partial charge < -0.3 is 4.98 Å². The van der Waals surface area contributed by atoms with Crippen LogP contribution < -0.4 is 5.56 Å². The number of rotatable bonds is 4. The highest BCUT2D eigenvalue weighted by Gasteiger charge is 2.21. The van der Waals surface area contributed by atoms with Crippen LogP contribution in [0.1, 0.15) is 36.0 Å². The number of nitrogens with zero attached hydrogens (tertiary/aromatic N) is 4. The molecule has 0 saturated heterocycles. The topological polar surface area (TPSA) is 66.8 Å². The summed E-state index contributed by atoms with van der Waals surface area (Å²) in [6.07, 6.45) is 6.57. The van der Waals surface area contributed by atoms with E-state index in [0.29, 0.717) is 6.54 Å². The van der Waals surface area contributed by atoms with E-state index in [1.54, 1.807) is 4.68 Å². The second-order valence-electron chi connectivity index (χ2n) is 5.67. The molecule has 0 radical (unpaired) electrons. The Hall–Kier alpha value is -1.95. The number of H-pyrrole nitrogens is 1. The molecule has 0 fully saturated rings. The molecular formula is C15H21N5O. The van der Waals surface area contributed by atoms with Crippen LogP contribution in [-0.4, -0.2) is 31.2 Å². The summed E-state index contributed by atoms with van der Waals surface area (Å²) >= 11 is 0. The minimum atomic E-state index is 0.0272. The number of aryl methyl sites for hydroxylation is 2. The molecule has 6 heteroatoms. The van der Waals surface area contributed by atoms with Crippen molar-refractivity contribution in [1.82, 2.24) is 24.6 Å². The summed E-state index contributed by atoms with van der Waals surface area (Å²) in [5.41, 5.74) is 3.00. The predicted octanol–water partition coefficient (Wildman–Crippen LogP) is 1.01. The Kier molecular flexibility index (Phi) is 3.88. The fourth-order valence-corrected chi connectivity index (χ4v) is 2.83. The van der Waals surface area contributed by atoms with Gasteiger partial charge >= 0.3 is 0 Å². The van der Waals surface area contributed by atoms with Crippen molar-refractivity contribution in [3.05, 3.63) is 45.4 Å². The average Bonchev–Trinajstić information content (AvgIpc) is 2.85. The smallest absolute Gasteiger partial charge is 0.255 e. The van der Waals surface area contributed by atoms with Gasteiger partial charge in [-0.25, -0.2) is 4.98 Å². The van der Waals surface area contributed by atoms with Gasteiger partial charge in [-0.15, -0.1) is 0 Å². The molecule has 6 nitrogen and oxygen atoms in total. The van der Waals surface area contributed by atoms with E-state index in [9.17, 15) is 4.79 Å². The van der Waals surface area contributed by atoms with E-state index in [2.05, 4.69) is 26.9 Å². The molecule has 0 aromatic carbocycles. The Morgan fingerprint density at radius 2 is 2.29 bits per heavy atom. The molecule has 2 aromatic heterocycles. The first-order valence-corrected chi connectivity index (χ1v) is 7.46. The summed E-state index contributed by atoms with van der Waals surface area (Å²) in [6, 6.07) is 0. The fraction of sp³-hybridized carbons (Fsp3) is 0.533. The molecule has 0 amide bonds. The molecule has 0 atom stereocenters. The van der Waals surface area contributed by atoms with Crippen molar-refractivity contribution < 1.29 is 0 Å². The molecule has 3 heterocycles. The van der Waals surface area contributed by atoms with Crippen molar-refractivity contribution in [2.45, 2.75) is 39.3 Å². The number of hydrogen-bond donors (Lipinski definition) is 1. The third kappa shape index (κ3) is 3.05. The normalized spacial score (nSPS) is 15.1. The molecule has 2 aromatic rings. The number of nitrogens with one attached hydrogen (secondary N) is 1. The maximum Gasteiger partial charge on any atom is 0.255 e. The van der Waals surface area contributed by atoms with Crippen LogP contribution in [0.4, 0.5) is 0 Å². The second kappa shape index (κ2) is 5.81. The lowest BCUT2D eigenvalue weighted by Gasteiger charge is -2.27. The van der Waals surface area contributed by atoms with Crippen molar-refractivity contribution in [2.75, 3.05) is 6.54 Å². The van der Waals surface area contributed by atoms with E-state index in [1.807, 2.05) is 19.4 Å². The Morgan fingerprint density at radius 3 is 3.00 bits per heavy atom. The largest absolute Gasteiger partial charge is 0.310 e. The third-order valence-corrected chi connectivity index (χ3v) is 3.85. The molecular weight excluding hydrogens is 266 g/mol. The van der Waals surface area contributed by atoms with Crippen LogP contribution in [0.2, 0.25) is 0 Å². The van der Waals surface area contributed by atoms with Crippen molar-refractivity contribution >= 4 is 0 Å². The SMILES string of the molecule is CCCc1nc2c(c(=O)[nH]1)CN(Cc1cnn(C)c1)CC2. The van der Waals surface area contributed by atoms with E-state index in [0.717, 1.165) is 49.4 Å². The number of aromatic nitrogens is 4. The third-order valence-electron chi connectivity index (χ3n) is 3.85. The Labute approximate surface area is 123 Å². The van der Waals surface area contributed by atoms with Crippen LogP contribution >= 0.6 is 0 Å². The molecule has 0 aliphatic carbocycles. The first-order chi connectivity index (χ1) is 10.2. The van der Waals surface area contributed by atoms with E-state index < -0.39 is 0 Å². The number of hydrogen-bond acceptors (Lipinski definition) is 4. The lowest BCUT2D eigenvalue weighted by atomic mass is 10.1. The van der Waals surface area contributed by atoms with Gasteiger partial charge in [0.2, 0.25) is 0 Å². The average molecular weight is 287 g/mol. The van der Waals surface area contributed by atoms with Crippen molar-refractivity contribution in [1.29, 1.82) is 0 Å². The van der Waals surface area contributed by atoms with Gasteiger partial charge in [0.15, 0.2) is 0 Å². The van der Waals surface area contributed by atoms with Crippen LogP contribution in [0.15, 0.2) is 17.2 Å². The molecule has 1 aliphatic heterocycles. The summed E-state index contributed by atoms with van der Waals surface area (Å²) in [4.78, 5) is 22.0. The molecule has 1 aliphatic rings. The number of fused-ring (bicyclic) bond motifs is 1. The zero-order valence-electron chi connectivity index (χ0n) is 12.6. The lowest BCUT2D eigenvalue weighted by Crippen LogP contribution is -2.35. The number of aromatic amines is 1.